The molecule has 0 radical (unpaired) electrons. The molecule has 0 unspecified atom stereocenters. The first-order valence-electron chi connectivity index (χ1n) is 7.12. The third-order valence-corrected chi connectivity index (χ3v) is 4.50. The Kier molecular flexibility index (Phi) is 4.54. The van der Waals surface area contributed by atoms with E-state index in [2.05, 4.69) is 22.1 Å². The fourth-order valence-corrected chi connectivity index (χ4v) is 3.06. The molecule has 0 saturated heterocycles. The van der Waals surface area contributed by atoms with E-state index in [0.29, 0.717) is 15.9 Å². The Morgan fingerprint density at radius 1 is 1.27 bits per heavy atom. The third-order valence-electron chi connectivity index (χ3n) is 3.30. The summed E-state index contributed by atoms with van der Waals surface area (Å²) in [6.45, 7) is 2.14. The second kappa shape index (κ2) is 6.58. The molecule has 0 aliphatic carbocycles. The maximum Gasteiger partial charge on any atom is 0.210 e. The van der Waals surface area contributed by atoms with Gasteiger partial charge in [-0.3, -0.25) is 0 Å². The minimum absolute atomic E-state index is 0.683. The van der Waals surface area contributed by atoms with Crippen molar-refractivity contribution in [3.8, 4) is 0 Å². The van der Waals surface area contributed by atoms with E-state index in [4.69, 9.17) is 17.4 Å². The Labute approximate surface area is 137 Å². The van der Waals surface area contributed by atoms with Crippen molar-refractivity contribution in [3.05, 3.63) is 41.1 Å². The van der Waals surface area contributed by atoms with Crippen LogP contribution in [0, 0.1) is 0 Å². The molecular formula is C14H17ClN6S. The van der Waals surface area contributed by atoms with Crippen LogP contribution in [0.25, 0.3) is 5.65 Å². The minimum atomic E-state index is 0.683. The van der Waals surface area contributed by atoms with Crippen LogP contribution in [0.15, 0.2) is 29.7 Å². The van der Waals surface area contributed by atoms with Gasteiger partial charge in [-0.15, -0.1) is 10.2 Å². The van der Waals surface area contributed by atoms with Gasteiger partial charge in [0.1, 0.15) is 5.65 Å². The summed E-state index contributed by atoms with van der Waals surface area (Å²) >= 11 is 7.50. The summed E-state index contributed by atoms with van der Waals surface area (Å²) in [5, 5.41) is 9.69. The summed E-state index contributed by atoms with van der Waals surface area (Å²) < 4.78 is 3.49. The van der Waals surface area contributed by atoms with E-state index >= 15 is 0 Å². The molecule has 0 spiro atoms. The van der Waals surface area contributed by atoms with Crippen molar-refractivity contribution in [3.63, 3.8) is 0 Å². The maximum absolute atomic E-state index is 6.03. The number of rotatable bonds is 6. The lowest BCUT2D eigenvalue weighted by Gasteiger charge is -2.01. The fraction of sp³-hybridized carbons (Fsp3) is 0.357. The number of aromatic nitrogens is 5. The zero-order chi connectivity index (χ0) is 15.5. The molecule has 3 aromatic rings. The highest BCUT2D eigenvalue weighted by molar-refractivity contribution is 7.98. The summed E-state index contributed by atoms with van der Waals surface area (Å²) in [7, 11) is 0. The zero-order valence-electron chi connectivity index (χ0n) is 12.2. The highest BCUT2D eigenvalue weighted by Gasteiger charge is 2.11. The Bertz CT molecular complexity index is 781. The molecule has 0 amide bonds. The number of thioether (sulfide) groups is 1. The average molecular weight is 337 g/mol. The van der Waals surface area contributed by atoms with Gasteiger partial charge in [0.15, 0.2) is 5.82 Å². The molecule has 3 heterocycles. The molecule has 22 heavy (non-hydrogen) atoms. The predicted octanol–water partition coefficient (Wildman–Crippen LogP) is 2.93. The van der Waals surface area contributed by atoms with Gasteiger partial charge in [0.05, 0.1) is 10.7 Å². The molecule has 2 N–H and O–H groups in total. The average Bonchev–Trinajstić information content (AvgIpc) is 3.06. The largest absolute Gasteiger partial charge is 0.336 e. The fourth-order valence-electron chi connectivity index (χ4n) is 2.14. The molecule has 3 aromatic heterocycles. The van der Waals surface area contributed by atoms with Gasteiger partial charge in [-0.05, 0) is 18.6 Å². The van der Waals surface area contributed by atoms with Crippen LogP contribution in [-0.2, 0) is 12.2 Å². The molecule has 8 heteroatoms. The van der Waals surface area contributed by atoms with Crippen molar-refractivity contribution >= 4 is 29.0 Å². The van der Waals surface area contributed by atoms with Gasteiger partial charge in [0.2, 0.25) is 5.16 Å². The van der Waals surface area contributed by atoms with Crippen LogP contribution < -0.4 is 5.84 Å². The summed E-state index contributed by atoms with van der Waals surface area (Å²) in [6, 6.07) is 3.72. The Balaban J connectivity index is 1.69. The molecular weight excluding hydrogens is 320 g/mol. The molecule has 0 saturated carbocycles. The topological polar surface area (TPSA) is 74.0 Å². The number of halogens is 1. The summed E-state index contributed by atoms with van der Waals surface area (Å²) in [4.78, 5) is 4.54. The van der Waals surface area contributed by atoms with Gasteiger partial charge in [-0.2, -0.15) is 0 Å². The van der Waals surface area contributed by atoms with E-state index in [1.54, 1.807) is 4.68 Å². The van der Waals surface area contributed by atoms with Gasteiger partial charge in [-0.1, -0.05) is 36.7 Å². The molecule has 0 aromatic carbocycles. The van der Waals surface area contributed by atoms with Crippen molar-refractivity contribution in [2.45, 2.75) is 37.1 Å². The van der Waals surface area contributed by atoms with Crippen molar-refractivity contribution in [2.75, 3.05) is 5.84 Å². The third kappa shape index (κ3) is 3.20. The lowest BCUT2D eigenvalue weighted by Crippen LogP contribution is -2.14. The predicted molar refractivity (Wildman–Crippen MR) is 88.5 cm³/mol. The quantitative estimate of drug-likeness (QED) is 0.553. The van der Waals surface area contributed by atoms with Crippen molar-refractivity contribution in [1.29, 1.82) is 0 Å². The number of fused-ring (bicyclic) bond motifs is 1. The minimum Gasteiger partial charge on any atom is -0.336 e. The number of aryl methyl sites for hydroxylation is 1. The number of pyridine rings is 1. The second-order valence-corrected chi connectivity index (χ2v) is 6.38. The van der Waals surface area contributed by atoms with Gasteiger partial charge in [-0.25, -0.2) is 9.66 Å². The highest BCUT2D eigenvalue weighted by atomic mass is 35.5. The molecule has 0 aliphatic rings. The Hall–Kier alpha value is -1.73. The first-order chi connectivity index (χ1) is 10.7. The molecule has 116 valence electrons. The van der Waals surface area contributed by atoms with Crippen LogP contribution in [0.5, 0.6) is 0 Å². The molecule has 0 bridgehead atoms. The lowest BCUT2D eigenvalue weighted by atomic mass is 10.2. The van der Waals surface area contributed by atoms with Crippen LogP contribution in [0.2, 0.25) is 5.02 Å². The van der Waals surface area contributed by atoms with E-state index in [1.165, 1.54) is 11.8 Å². The smallest absolute Gasteiger partial charge is 0.210 e. The van der Waals surface area contributed by atoms with E-state index in [0.717, 1.165) is 36.4 Å². The summed E-state index contributed by atoms with van der Waals surface area (Å²) in [5.41, 5.74) is 1.82. The maximum atomic E-state index is 6.03. The highest BCUT2D eigenvalue weighted by Crippen LogP contribution is 2.21. The molecule has 3 rings (SSSR count). The molecule has 0 aliphatic heterocycles. The van der Waals surface area contributed by atoms with Gasteiger partial charge in [0.25, 0.3) is 0 Å². The first-order valence-corrected chi connectivity index (χ1v) is 8.49. The van der Waals surface area contributed by atoms with Crippen molar-refractivity contribution < 1.29 is 0 Å². The van der Waals surface area contributed by atoms with E-state index in [9.17, 15) is 0 Å². The second-order valence-electron chi connectivity index (χ2n) is 5.01. The number of nitrogen functional groups attached to an aromatic ring is 1. The standard InChI is InChI=1S/C14H17ClN6S/c1-2-3-4-13-18-19-14(21(13)16)22-9-11-8-20-7-10(15)5-6-12(20)17-11/h5-8H,2-4,9,16H2,1H3. The number of hydrogen-bond acceptors (Lipinski definition) is 5. The Morgan fingerprint density at radius 2 is 2.14 bits per heavy atom. The number of nitrogens with zero attached hydrogens (tertiary/aromatic N) is 5. The number of nitrogens with two attached hydrogens (primary N) is 1. The van der Waals surface area contributed by atoms with Crippen LogP contribution in [-0.4, -0.2) is 24.3 Å². The zero-order valence-corrected chi connectivity index (χ0v) is 13.8. The van der Waals surface area contributed by atoms with Crippen LogP contribution in [0.1, 0.15) is 31.3 Å². The SMILES string of the molecule is CCCCc1nnc(SCc2cn3cc(Cl)ccc3n2)n1N. The normalized spacial score (nSPS) is 11.4. The number of imidazole rings is 1. The molecule has 0 fully saturated rings. The monoisotopic (exact) mass is 336 g/mol. The van der Waals surface area contributed by atoms with Crippen LogP contribution in [0.4, 0.5) is 0 Å². The lowest BCUT2D eigenvalue weighted by molar-refractivity contribution is 0.712. The van der Waals surface area contributed by atoms with Crippen LogP contribution in [0.3, 0.4) is 0 Å². The summed E-state index contributed by atoms with van der Waals surface area (Å²) in [6.07, 6.45) is 6.83. The first kappa shape index (κ1) is 15.2. The number of hydrogen-bond donors (Lipinski definition) is 1. The van der Waals surface area contributed by atoms with Crippen molar-refractivity contribution in [1.82, 2.24) is 24.3 Å². The van der Waals surface area contributed by atoms with Gasteiger partial charge < -0.3 is 10.2 Å². The van der Waals surface area contributed by atoms with Crippen molar-refractivity contribution in [2.24, 2.45) is 0 Å². The van der Waals surface area contributed by atoms with Crippen LogP contribution >= 0.6 is 23.4 Å². The Morgan fingerprint density at radius 3 is 2.95 bits per heavy atom. The van der Waals surface area contributed by atoms with Gasteiger partial charge >= 0.3 is 0 Å². The summed E-state index contributed by atoms with van der Waals surface area (Å²) in [5.74, 6) is 7.54. The van der Waals surface area contributed by atoms with E-state index < -0.39 is 0 Å². The number of unbranched alkanes of at least 4 members (excludes halogenated alkanes) is 1. The van der Waals surface area contributed by atoms with E-state index in [1.807, 2.05) is 28.9 Å². The molecule has 0 atom stereocenters. The van der Waals surface area contributed by atoms with Gasteiger partial charge in [0, 0.05) is 24.6 Å². The van der Waals surface area contributed by atoms with E-state index in [-0.39, 0.29) is 0 Å². The molecule has 6 nitrogen and oxygen atoms in total.